The van der Waals surface area contributed by atoms with Gasteiger partial charge in [0.2, 0.25) is 5.91 Å². The number of rotatable bonds is 5. The van der Waals surface area contributed by atoms with Gasteiger partial charge in [0.25, 0.3) is 10.1 Å². The first kappa shape index (κ1) is 15.8. The molecule has 3 heterocycles. The second-order valence-corrected chi connectivity index (χ2v) is 8.91. The number of carbonyl (C=O) groups excluding carboxylic acids is 2. The molecule has 3 aliphatic rings. The Kier molecular flexibility index (Phi) is 3.98. The number of esters is 1. The predicted octanol–water partition coefficient (Wildman–Crippen LogP) is -0.0345. The molecule has 0 spiro atoms. The number of hydrogen-bond donors (Lipinski definition) is 1. The summed E-state index contributed by atoms with van der Waals surface area (Å²) in [5.74, 6) is -0.777. The zero-order valence-corrected chi connectivity index (χ0v) is 13.6. The van der Waals surface area contributed by atoms with Gasteiger partial charge in [0.1, 0.15) is 17.5 Å². The van der Waals surface area contributed by atoms with Gasteiger partial charge < -0.3 is 10.1 Å². The number of fused-ring (bicyclic) bond motifs is 1. The van der Waals surface area contributed by atoms with Crippen LogP contribution in [0.2, 0.25) is 0 Å². The molecule has 0 radical (unpaired) electrons. The van der Waals surface area contributed by atoms with Crippen molar-refractivity contribution in [1.29, 1.82) is 0 Å². The monoisotopic (exact) mass is 347 g/mol. The van der Waals surface area contributed by atoms with Crippen LogP contribution in [0.3, 0.4) is 0 Å². The Hall–Kier alpha value is -1.06. The van der Waals surface area contributed by atoms with Crippen LogP contribution in [0.5, 0.6) is 0 Å². The van der Waals surface area contributed by atoms with E-state index in [1.165, 1.54) is 11.8 Å². The fourth-order valence-corrected chi connectivity index (χ4v) is 7.15. The molecule has 7 nitrogen and oxygen atoms in total. The lowest BCUT2D eigenvalue weighted by Gasteiger charge is -2.23. The molecule has 3 rings (SSSR count). The van der Waals surface area contributed by atoms with Crippen LogP contribution in [0.15, 0.2) is 12.2 Å². The van der Waals surface area contributed by atoms with Gasteiger partial charge in [-0.25, -0.2) is 0 Å². The zero-order chi connectivity index (χ0) is 16.1. The third-order valence-corrected chi connectivity index (χ3v) is 7.67. The zero-order valence-electron chi connectivity index (χ0n) is 12.0. The molecule has 0 aromatic heterocycles. The van der Waals surface area contributed by atoms with Gasteiger partial charge in [0.15, 0.2) is 0 Å². The van der Waals surface area contributed by atoms with Crippen molar-refractivity contribution in [3.8, 4) is 0 Å². The molecular formula is C13H17NO6S2. The highest BCUT2D eigenvalue weighted by atomic mass is 32.2. The first-order chi connectivity index (χ1) is 10.3. The summed E-state index contributed by atoms with van der Waals surface area (Å²) >= 11 is 1.53. The van der Waals surface area contributed by atoms with Gasteiger partial charge >= 0.3 is 5.97 Å². The van der Waals surface area contributed by atoms with E-state index in [0.717, 1.165) is 0 Å². The number of carbonyl (C=O) groups is 2. The quantitative estimate of drug-likeness (QED) is 0.423. The maximum Gasteiger partial charge on any atom is 0.307 e. The fourth-order valence-electron chi connectivity index (χ4n) is 3.01. The lowest BCUT2D eigenvalue weighted by Crippen LogP contribution is -2.41. The normalized spacial score (nSPS) is 37.0. The van der Waals surface area contributed by atoms with Gasteiger partial charge in [-0.15, -0.1) is 11.8 Å². The average Bonchev–Trinajstić information content (AvgIpc) is 3.02. The largest absolute Gasteiger partial charge is 0.458 e. The van der Waals surface area contributed by atoms with Crippen LogP contribution in [-0.2, 0) is 28.6 Å². The second-order valence-electron chi connectivity index (χ2n) is 5.71. The summed E-state index contributed by atoms with van der Waals surface area (Å²) in [4.78, 5) is 23.1. The predicted molar refractivity (Wildman–Crippen MR) is 79.7 cm³/mol. The molecule has 0 aliphatic carbocycles. The van der Waals surface area contributed by atoms with Crippen LogP contribution in [0, 0.1) is 0 Å². The molecule has 3 saturated heterocycles. The van der Waals surface area contributed by atoms with Gasteiger partial charge in [-0.05, 0) is 13.3 Å². The SMILES string of the molecule is C=C(C)C(=O)NCCC(=O)OC1C2CC3C(S2)C1OS3(=O)=O. The van der Waals surface area contributed by atoms with Crippen LogP contribution in [0.25, 0.3) is 0 Å². The standard InChI is InChI=1S/C13H17NO6S2/c1-6(2)13(16)14-4-3-9(15)19-10-7-5-8-12(21-7)11(10)20-22(8,17)18/h7-8,10-12H,1,3-5H2,2H3,(H,14,16). The van der Waals surface area contributed by atoms with Crippen molar-refractivity contribution in [3.05, 3.63) is 12.2 Å². The van der Waals surface area contributed by atoms with Gasteiger partial charge in [-0.2, -0.15) is 8.42 Å². The van der Waals surface area contributed by atoms with Crippen molar-refractivity contribution in [2.24, 2.45) is 0 Å². The van der Waals surface area contributed by atoms with Crippen LogP contribution < -0.4 is 5.32 Å². The van der Waals surface area contributed by atoms with E-state index in [1.807, 2.05) is 0 Å². The number of nitrogens with one attached hydrogen (secondary N) is 1. The number of amides is 1. The molecule has 5 unspecified atom stereocenters. The van der Waals surface area contributed by atoms with E-state index < -0.39 is 33.5 Å². The topological polar surface area (TPSA) is 98.8 Å². The molecule has 0 saturated carbocycles. The minimum atomic E-state index is -3.52. The molecule has 3 aliphatic heterocycles. The Bertz CT molecular complexity index is 630. The van der Waals surface area contributed by atoms with Crippen molar-refractivity contribution in [3.63, 3.8) is 0 Å². The average molecular weight is 347 g/mol. The molecule has 0 aromatic carbocycles. The molecule has 122 valence electrons. The summed E-state index contributed by atoms with van der Waals surface area (Å²) in [6.45, 7) is 5.23. The molecule has 5 atom stereocenters. The van der Waals surface area contributed by atoms with Gasteiger partial charge in [0, 0.05) is 17.4 Å². The first-order valence-electron chi connectivity index (χ1n) is 7.00. The van der Waals surface area contributed by atoms with Crippen molar-refractivity contribution < 1.29 is 26.9 Å². The minimum Gasteiger partial charge on any atom is -0.458 e. The van der Waals surface area contributed by atoms with Crippen molar-refractivity contribution in [2.75, 3.05) is 6.54 Å². The molecule has 9 heteroatoms. The molecule has 3 fully saturated rings. The Morgan fingerprint density at radius 1 is 1.45 bits per heavy atom. The summed E-state index contributed by atoms with van der Waals surface area (Å²) in [7, 11) is -3.52. The Morgan fingerprint density at radius 2 is 2.18 bits per heavy atom. The summed E-state index contributed by atoms with van der Waals surface area (Å²) in [6, 6.07) is 0. The Balaban J connectivity index is 1.51. The van der Waals surface area contributed by atoms with E-state index in [2.05, 4.69) is 11.9 Å². The van der Waals surface area contributed by atoms with E-state index >= 15 is 0 Å². The first-order valence-corrected chi connectivity index (χ1v) is 9.42. The van der Waals surface area contributed by atoms with E-state index in [9.17, 15) is 18.0 Å². The fraction of sp³-hybridized carbons (Fsp3) is 0.692. The summed E-state index contributed by atoms with van der Waals surface area (Å²) < 4.78 is 34.1. The lowest BCUT2D eigenvalue weighted by molar-refractivity contribution is -0.153. The Morgan fingerprint density at radius 3 is 2.86 bits per heavy atom. The van der Waals surface area contributed by atoms with Crippen molar-refractivity contribution in [1.82, 2.24) is 5.32 Å². The van der Waals surface area contributed by atoms with Gasteiger partial charge in [-0.1, -0.05) is 6.58 Å². The van der Waals surface area contributed by atoms with E-state index in [0.29, 0.717) is 12.0 Å². The Labute approximate surface area is 132 Å². The second kappa shape index (κ2) is 5.54. The maximum atomic E-state index is 11.9. The van der Waals surface area contributed by atoms with Crippen LogP contribution in [0.1, 0.15) is 19.8 Å². The van der Waals surface area contributed by atoms with Crippen molar-refractivity contribution >= 4 is 33.8 Å². The molecular weight excluding hydrogens is 330 g/mol. The molecule has 1 amide bonds. The van der Waals surface area contributed by atoms with E-state index in [4.69, 9.17) is 8.92 Å². The maximum absolute atomic E-state index is 11.9. The third kappa shape index (κ3) is 2.65. The highest BCUT2D eigenvalue weighted by molar-refractivity contribution is 8.03. The van der Waals surface area contributed by atoms with E-state index in [1.54, 1.807) is 6.92 Å². The highest BCUT2D eigenvalue weighted by Crippen LogP contribution is 2.55. The molecule has 2 bridgehead atoms. The van der Waals surface area contributed by atoms with Crippen LogP contribution in [-0.4, -0.2) is 54.8 Å². The van der Waals surface area contributed by atoms with Crippen molar-refractivity contribution in [2.45, 2.75) is 47.7 Å². The van der Waals surface area contributed by atoms with Gasteiger partial charge in [-0.3, -0.25) is 13.8 Å². The molecule has 22 heavy (non-hydrogen) atoms. The summed E-state index contributed by atoms with van der Waals surface area (Å²) in [5.41, 5.74) is 0.369. The number of hydrogen-bond acceptors (Lipinski definition) is 7. The van der Waals surface area contributed by atoms with Gasteiger partial charge in [0.05, 0.1) is 11.7 Å². The minimum absolute atomic E-state index is 0.0220. The molecule has 1 N–H and O–H groups in total. The van der Waals surface area contributed by atoms with Crippen LogP contribution >= 0.6 is 11.8 Å². The third-order valence-electron chi connectivity index (χ3n) is 4.06. The molecule has 0 aromatic rings. The lowest BCUT2D eigenvalue weighted by atomic mass is 9.94. The summed E-state index contributed by atoms with van der Waals surface area (Å²) in [5, 5.41) is 1.94. The number of thioether (sulfide) groups is 1. The van der Waals surface area contributed by atoms with Crippen LogP contribution in [0.4, 0.5) is 0 Å². The smallest absolute Gasteiger partial charge is 0.307 e. The number of ether oxygens (including phenoxy) is 1. The highest BCUT2D eigenvalue weighted by Gasteiger charge is 2.66. The van der Waals surface area contributed by atoms with E-state index in [-0.39, 0.29) is 29.4 Å². The summed E-state index contributed by atoms with van der Waals surface area (Å²) in [6.07, 6.45) is -0.584.